The number of furan rings is 1. The van der Waals surface area contributed by atoms with E-state index >= 15 is 8.78 Å². The minimum atomic E-state index is -4.63. The minimum Gasteiger partial charge on any atom is -0.449 e. The van der Waals surface area contributed by atoms with Gasteiger partial charge in [-0.25, -0.2) is 8.78 Å². The maximum Gasteiger partial charge on any atom is 0.416 e. The van der Waals surface area contributed by atoms with Crippen molar-refractivity contribution < 1.29 is 36.0 Å². The first-order valence-corrected chi connectivity index (χ1v) is 9.62. The van der Waals surface area contributed by atoms with Gasteiger partial charge in [0.1, 0.15) is 11.4 Å². The Morgan fingerprint density at radius 2 is 1.80 bits per heavy atom. The molecule has 1 aromatic carbocycles. The van der Waals surface area contributed by atoms with Gasteiger partial charge in [-0.05, 0) is 31.0 Å². The fourth-order valence-electron chi connectivity index (χ4n) is 4.13. The smallest absolute Gasteiger partial charge is 0.416 e. The highest BCUT2D eigenvalue weighted by Crippen LogP contribution is 2.42. The van der Waals surface area contributed by atoms with Gasteiger partial charge in [0.25, 0.3) is 11.8 Å². The molecule has 1 aromatic heterocycles. The third-order valence-corrected chi connectivity index (χ3v) is 5.72. The third kappa shape index (κ3) is 3.75. The number of nitrogens with one attached hydrogen (secondary N) is 1. The molecule has 1 saturated carbocycles. The lowest BCUT2D eigenvalue weighted by Gasteiger charge is -2.34. The summed E-state index contributed by atoms with van der Waals surface area (Å²) in [6, 6.07) is 2.73. The first kappa shape index (κ1) is 20.6. The normalized spacial score (nSPS) is 19.0. The molecule has 0 atom stereocenters. The van der Waals surface area contributed by atoms with Gasteiger partial charge in [0.15, 0.2) is 0 Å². The Kier molecular flexibility index (Phi) is 4.98. The van der Waals surface area contributed by atoms with Gasteiger partial charge in [-0.2, -0.15) is 13.2 Å². The fourth-order valence-corrected chi connectivity index (χ4v) is 4.13. The molecule has 10 heteroatoms. The number of alkyl halides is 5. The summed E-state index contributed by atoms with van der Waals surface area (Å²) in [5.41, 5.74) is -1.000. The molecule has 4 rings (SSSR count). The Balaban J connectivity index is 1.74. The maximum atomic E-state index is 15.1. The monoisotopic (exact) mass is 430 g/mol. The highest BCUT2D eigenvalue weighted by Gasteiger charge is 2.44. The Hall–Kier alpha value is -2.65. The fraction of sp³-hybridized carbons (Fsp3) is 0.500. The van der Waals surface area contributed by atoms with Crippen LogP contribution in [0.2, 0.25) is 0 Å². The summed E-state index contributed by atoms with van der Waals surface area (Å²) in [6.45, 7) is -0.744. The van der Waals surface area contributed by atoms with Crippen molar-refractivity contribution in [3.63, 3.8) is 0 Å². The number of nitrogens with zero attached hydrogens (tertiary/aromatic N) is 1. The molecule has 5 nitrogen and oxygen atoms in total. The number of benzene rings is 1. The quantitative estimate of drug-likeness (QED) is 0.734. The van der Waals surface area contributed by atoms with Crippen LogP contribution in [0.5, 0.6) is 0 Å². The van der Waals surface area contributed by atoms with Crippen LogP contribution in [-0.4, -0.2) is 37.2 Å². The van der Waals surface area contributed by atoms with Crippen LogP contribution in [0.25, 0.3) is 11.0 Å². The molecule has 1 aliphatic carbocycles. The zero-order valence-electron chi connectivity index (χ0n) is 15.8. The summed E-state index contributed by atoms with van der Waals surface area (Å²) < 4.78 is 75.1. The molecular formula is C20H19F5N2O3. The second kappa shape index (κ2) is 7.24. The second-order valence-electron chi connectivity index (χ2n) is 7.74. The van der Waals surface area contributed by atoms with E-state index in [1.54, 1.807) is 0 Å². The van der Waals surface area contributed by atoms with Gasteiger partial charge in [-0.15, -0.1) is 0 Å². The van der Waals surface area contributed by atoms with Crippen LogP contribution in [-0.2, 0) is 11.0 Å². The molecule has 2 aliphatic rings. The zero-order chi connectivity index (χ0) is 21.7. The lowest BCUT2D eigenvalue weighted by Crippen LogP contribution is -2.44. The Morgan fingerprint density at radius 1 is 1.10 bits per heavy atom. The van der Waals surface area contributed by atoms with Crippen molar-refractivity contribution in [1.29, 1.82) is 0 Å². The number of carbonyl (C=O) groups excluding carboxylic acids is 2. The number of carbonyl (C=O) groups is 2. The van der Waals surface area contributed by atoms with Gasteiger partial charge in [0.05, 0.1) is 17.8 Å². The van der Waals surface area contributed by atoms with E-state index in [4.69, 9.17) is 4.42 Å². The van der Waals surface area contributed by atoms with Gasteiger partial charge in [-0.3, -0.25) is 9.59 Å². The van der Waals surface area contributed by atoms with Crippen molar-refractivity contribution >= 4 is 28.3 Å². The van der Waals surface area contributed by atoms with E-state index in [0.29, 0.717) is 0 Å². The maximum absolute atomic E-state index is 15.1. The summed E-state index contributed by atoms with van der Waals surface area (Å²) >= 11 is 0. The largest absolute Gasteiger partial charge is 0.449 e. The molecular weight excluding hydrogens is 411 g/mol. The summed E-state index contributed by atoms with van der Waals surface area (Å²) in [6.07, 6.45) is -4.32. The number of fused-ring (bicyclic) bond motifs is 3. The molecule has 1 aliphatic heterocycles. The lowest BCUT2D eigenvalue weighted by atomic mass is 9.83. The molecule has 1 N–H and O–H groups in total. The molecule has 0 bridgehead atoms. The molecule has 1 fully saturated rings. The molecule has 30 heavy (non-hydrogen) atoms. The van der Waals surface area contributed by atoms with E-state index in [1.165, 1.54) is 4.90 Å². The molecule has 162 valence electrons. The van der Waals surface area contributed by atoms with Crippen LogP contribution in [0.3, 0.4) is 0 Å². The van der Waals surface area contributed by atoms with Gasteiger partial charge >= 0.3 is 6.18 Å². The van der Waals surface area contributed by atoms with Crippen molar-refractivity contribution in [2.75, 3.05) is 24.5 Å². The molecule has 1 amide bonds. The van der Waals surface area contributed by atoms with Crippen LogP contribution < -0.4 is 10.2 Å². The SMILES string of the molecule is O=C1CCC(C(F)(F)CN2CCNC(=O)c3oc4ccc(C(F)(F)F)cc4c32)CC1. The summed E-state index contributed by atoms with van der Waals surface area (Å²) in [4.78, 5) is 24.9. The van der Waals surface area contributed by atoms with Crippen molar-refractivity contribution in [3.8, 4) is 0 Å². The number of hydrogen-bond donors (Lipinski definition) is 1. The van der Waals surface area contributed by atoms with Crippen molar-refractivity contribution in [2.24, 2.45) is 5.92 Å². The Bertz CT molecular complexity index is 988. The summed E-state index contributed by atoms with van der Waals surface area (Å²) in [5.74, 6) is -5.18. The van der Waals surface area contributed by atoms with E-state index < -0.39 is 36.0 Å². The van der Waals surface area contributed by atoms with Crippen LogP contribution in [0.15, 0.2) is 22.6 Å². The van der Waals surface area contributed by atoms with E-state index in [2.05, 4.69) is 5.32 Å². The average Bonchev–Trinajstić information content (AvgIpc) is 2.98. The Labute approximate surface area is 168 Å². The lowest BCUT2D eigenvalue weighted by molar-refractivity contribution is -0.137. The molecule has 2 heterocycles. The van der Waals surface area contributed by atoms with Crippen molar-refractivity contribution in [3.05, 3.63) is 29.5 Å². The molecule has 2 aromatic rings. The Morgan fingerprint density at radius 3 is 2.47 bits per heavy atom. The number of amides is 1. The first-order chi connectivity index (χ1) is 14.1. The number of Topliss-reactive ketones (excluding diaryl/α,β-unsaturated/α-hetero) is 1. The van der Waals surface area contributed by atoms with Crippen LogP contribution >= 0.6 is 0 Å². The topological polar surface area (TPSA) is 62.6 Å². The van der Waals surface area contributed by atoms with E-state index in [0.717, 1.165) is 18.2 Å². The zero-order valence-corrected chi connectivity index (χ0v) is 15.8. The van der Waals surface area contributed by atoms with E-state index in [9.17, 15) is 22.8 Å². The van der Waals surface area contributed by atoms with Gasteiger partial charge in [0.2, 0.25) is 5.76 Å². The molecule has 0 radical (unpaired) electrons. The van der Waals surface area contributed by atoms with Gasteiger partial charge < -0.3 is 14.6 Å². The number of rotatable bonds is 3. The highest BCUT2D eigenvalue weighted by molar-refractivity contribution is 6.07. The highest BCUT2D eigenvalue weighted by atomic mass is 19.4. The van der Waals surface area contributed by atoms with Gasteiger partial charge in [-0.1, -0.05) is 0 Å². The van der Waals surface area contributed by atoms with Gasteiger partial charge in [0, 0.05) is 37.2 Å². The molecule has 0 unspecified atom stereocenters. The van der Waals surface area contributed by atoms with Crippen LogP contribution in [0, 0.1) is 5.92 Å². The van der Waals surface area contributed by atoms with E-state index in [1.807, 2.05) is 0 Å². The standard InChI is InChI=1S/C20H19F5N2O3/c21-19(22,11-1-4-13(28)5-2-11)10-27-8-7-26-18(29)17-16(27)14-9-12(20(23,24)25)3-6-15(14)30-17/h3,6,9,11H,1-2,4-5,7-8,10H2,(H,26,29). The van der Waals surface area contributed by atoms with Crippen molar-refractivity contribution in [2.45, 2.75) is 37.8 Å². The summed E-state index contributed by atoms with van der Waals surface area (Å²) in [5, 5.41) is 2.49. The number of hydrogen-bond acceptors (Lipinski definition) is 4. The third-order valence-electron chi connectivity index (χ3n) is 5.72. The predicted octanol–water partition coefficient (Wildman–Crippen LogP) is 4.40. The summed E-state index contributed by atoms with van der Waals surface area (Å²) in [7, 11) is 0. The first-order valence-electron chi connectivity index (χ1n) is 9.62. The molecule has 0 saturated heterocycles. The molecule has 0 spiro atoms. The average molecular weight is 430 g/mol. The second-order valence-corrected chi connectivity index (χ2v) is 7.74. The minimum absolute atomic E-state index is 0.00907. The number of anilines is 1. The van der Waals surface area contributed by atoms with Crippen molar-refractivity contribution in [1.82, 2.24) is 5.32 Å². The number of halogens is 5. The van der Waals surface area contributed by atoms with Crippen LogP contribution in [0.4, 0.5) is 27.6 Å². The predicted molar refractivity (Wildman–Crippen MR) is 97.7 cm³/mol. The van der Waals surface area contributed by atoms with E-state index in [-0.39, 0.29) is 67.0 Å². The number of ketones is 1. The van der Waals surface area contributed by atoms with Crippen LogP contribution in [0.1, 0.15) is 41.8 Å².